The van der Waals surface area contributed by atoms with Crippen LogP contribution in [0.25, 0.3) is 0 Å². The fourth-order valence-corrected chi connectivity index (χ4v) is 3.36. The van der Waals surface area contributed by atoms with Gasteiger partial charge in [0, 0.05) is 0 Å². The Morgan fingerprint density at radius 3 is 2.03 bits per heavy atom. The number of aliphatic hydroxyl groups excluding tert-OH is 1. The first kappa shape index (κ1) is 28.9. The van der Waals surface area contributed by atoms with Gasteiger partial charge in [0.1, 0.15) is 18.1 Å². The van der Waals surface area contributed by atoms with Crippen LogP contribution >= 0.6 is 11.8 Å². The van der Waals surface area contributed by atoms with Gasteiger partial charge >= 0.3 is 5.97 Å². The van der Waals surface area contributed by atoms with Crippen LogP contribution in [-0.2, 0) is 30.4 Å². The number of aliphatic carboxylic acids is 1. The van der Waals surface area contributed by atoms with E-state index in [1.165, 1.54) is 11.8 Å². The lowest BCUT2D eigenvalue weighted by Crippen LogP contribution is -2.58. The zero-order chi connectivity index (χ0) is 25.7. The Bertz CT molecular complexity index is 855. The van der Waals surface area contributed by atoms with Crippen molar-refractivity contribution >= 4 is 41.4 Å². The maximum atomic E-state index is 12.8. The first-order valence-electron chi connectivity index (χ1n) is 10.4. The van der Waals surface area contributed by atoms with Gasteiger partial charge in [-0.2, -0.15) is 11.8 Å². The number of hydrogen-bond acceptors (Lipinski definition) is 8. The molecule has 0 aliphatic rings. The highest BCUT2D eigenvalue weighted by Gasteiger charge is 2.30. The Hall–Kier alpha value is -3.16. The number of carbonyl (C=O) groups excluding carboxylic acids is 4. The molecule has 0 aromatic heterocycles. The number of nitrogens with one attached hydrogen (secondary N) is 3. The lowest BCUT2D eigenvalue weighted by atomic mass is 10.1. The van der Waals surface area contributed by atoms with Crippen LogP contribution in [0.2, 0.25) is 0 Å². The highest BCUT2D eigenvalue weighted by molar-refractivity contribution is 7.98. The molecule has 1 aromatic rings. The summed E-state index contributed by atoms with van der Waals surface area (Å²) in [4.78, 5) is 59.9. The number of carboxylic acids is 1. The first-order chi connectivity index (χ1) is 16.1. The topological polar surface area (TPSA) is 214 Å². The molecule has 188 valence electrons. The minimum Gasteiger partial charge on any atom is -0.480 e. The Morgan fingerprint density at radius 1 is 0.941 bits per heavy atom. The van der Waals surface area contributed by atoms with Crippen LogP contribution in [-0.4, -0.2) is 82.6 Å². The average molecular weight is 498 g/mol. The SMILES string of the molecule is CSCCC(NC(=O)C(N)Cc1ccccc1)C(=O)NC(CO)C(=O)NC(CC(N)=O)C(=O)O. The van der Waals surface area contributed by atoms with Crippen molar-refractivity contribution in [2.24, 2.45) is 11.5 Å². The Morgan fingerprint density at radius 2 is 1.50 bits per heavy atom. The fourth-order valence-electron chi connectivity index (χ4n) is 2.88. The third kappa shape index (κ3) is 10.2. The van der Waals surface area contributed by atoms with Gasteiger partial charge in [0.25, 0.3) is 0 Å². The molecule has 34 heavy (non-hydrogen) atoms. The summed E-state index contributed by atoms with van der Waals surface area (Å²) in [5.41, 5.74) is 11.8. The van der Waals surface area contributed by atoms with E-state index in [-0.39, 0.29) is 12.8 Å². The van der Waals surface area contributed by atoms with Crippen molar-refractivity contribution in [3.63, 3.8) is 0 Å². The number of thioether (sulfide) groups is 1. The Kier molecular flexibility index (Phi) is 12.6. The van der Waals surface area contributed by atoms with Crippen molar-refractivity contribution in [1.29, 1.82) is 0 Å². The van der Waals surface area contributed by atoms with Crippen LogP contribution in [0.5, 0.6) is 0 Å². The van der Waals surface area contributed by atoms with E-state index in [1.807, 2.05) is 41.9 Å². The van der Waals surface area contributed by atoms with Gasteiger partial charge in [-0.25, -0.2) is 4.79 Å². The molecule has 4 unspecified atom stereocenters. The van der Waals surface area contributed by atoms with Gasteiger partial charge in [0.05, 0.1) is 19.1 Å². The first-order valence-corrected chi connectivity index (χ1v) is 11.8. The largest absolute Gasteiger partial charge is 0.480 e. The maximum absolute atomic E-state index is 12.8. The van der Waals surface area contributed by atoms with Crippen LogP contribution in [0, 0.1) is 0 Å². The van der Waals surface area contributed by atoms with E-state index in [9.17, 15) is 29.1 Å². The molecule has 12 nitrogen and oxygen atoms in total. The van der Waals surface area contributed by atoms with Gasteiger partial charge in [0.15, 0.2) is 0 Å². The van der Waals surface area contributed by atoms with Gasteiger partial charge in [-0.3, -0.25) is 19.2 Å². The second-order valence-electron chi connectivity index (χ2n) is 7.45. The molecule has 0 heterocycles. The Labute approximate surface area is 201 Å². The minimum atomic E-state index is -1.63. The van der Waals surface area contributed by atoms with E-state index in [1.54, 1.807) is 0 Å². The van der Waals surface area contributed by atoms with E-state index < -0.39 is 66.8 Å². The van der Waals surface area contributed by atoms with E-state index in [0.717, 1.165) is 5.56 Å². The summed E-state index contributed by atoms with van der Waals surface area (Å²) in [7, 11) is 0. The zero-order valence-electron chi connectivity index (χ0n) is 18.7. The lowest BCUT2D eigenvalue weighted by molar-refractivity contribution is -0.144. The van der Waals surface area contributed by atoms with Crippen molar-refractivity contribution in [2.75, 3.05) is 18.6 Å². The normalized spacial score (nSPS) is 14.2. The quantitative estimate of drug-likeness (QED) is 0.139. The Balaban J connectivity index is 2.82. The molecule has 0 fully saturated rings. The molecule has 9 N–H and O–H groups in total. The number of carbonyl (C=O) groups is 5. The van der Waals surface area contributed by atoms with E-state index in [2.05, 4.69) is 10.6 Å². The number of amides is 4. The molecule has 4 atom stereocenters. The highest BCUT2D eigenvalue weighted by Crippen LogP contribution is 2.05. The summed E-state index contributed by atoms with van der Waals surface area (Å²) >= 11 is 1.43. The van der Waals surface area contributed by atoms with Crippen LogP contribution in [0.1, 0.15) is 18.4 Å². The molecule has 0 bridgehead atoms. The van der Waals surface area contributed by atoms with Crippen molar-refractivity contribution in [3.05, 3.63) is 35.9 Å². The van der Waals surface area contributed by atoms with E-state index in [0.29, 0.717) is 5.75 Å². The van der Waals surface area contributed by atoms with Gasteiger partial charge < -0.3 is 37.6 Å². The number of nitrogens with two attached hydrogens (primary N) is 2. The summed E-state index contributed by atoms with van der Waals surface area (Å²) in [5.74, 6) is -4.31. The van der Waals surface area contributed by atoms with Gasteiger partial charge in [0.2, 0.25) is 23.6 Å². The van der Waals surface area contributed by atoms with E-state index >= 15 is 0 Å². The standard InChI is InChI=1S/C21H31N5O7S/c1-34-8-7-14(24-18(29)13(22)9-12-5-3-2-4-6-12)19(30)26-16(11-27)20(31)25-15(21(32)33)10-17(23)28/h2-6,13-16,27H,7-11,22H2,1H3,(H2,23,28)(H,24,29)(H,25,31)(H,26,30)(H,32,33). The smallest absolute Gasteiger partial charge is 0.326 e. The van der Waals surface area contributed by atoms with E-state index in [4.69, 9.17) is 16.6 Å². The summed E-state index contributed by atoms with van der Waals surface area (Å²) in [6.07, 6.45) is 1.61. The molecular weight excluding hydrogens is 466 g/mol. The molecule has 1 rings (SSSR count). The molecule has 0 saturated carbocycles. The third-order valence-corrected chi connectivity index (χ3v) is 5.36. The van der Waals surface area contributed by atoms with Crippen molar-refractivity contribution in [2.45, 2.75) is 43.4 Å². The predicted octanol–water partition coefficient (Wildman–Crippen LogP) is -2.28. The molecule has 4 amide bonds. The van der Waals surface area contributed by atoms with Crippen LogP contribution in [0.15, 0.2) is 30.3 Å². The summed E-state index contributed by atoms with van der Waals surface area (Å²) in [5, 5.41) is 25.6. The van der Waals surface area contributed by atoms with Crippen molar-refractivity contribution < 1.29 is 34.2 Å². The second-order valence-corrected chi connectivity index (χ2v) is 8.44. The van der Waals surface area contributed by atoms with Gasteiger partial charge in [-0.05, 0) is 30.4 Å². The molecule has 0 aliphatic carbocycles. The summed E-state index contributed by atoms with van der Waals surface area (Å²) in [6.45, 7) is -0.850. The monoisotopic (exact) mass is 497 g/mol. The van der Waals surface area contributed by atoms with Crippen molar-refractivity contribution in [3.8, 4) is 0 Å². The van der Waals surface area contributed by atoms with Crippen molar-refractivity contribution in [1.82, 2.24) is 16.0 Å². The summed E-state index contributed by atoms with van der Waals surface area (Å²) in [6, 6.07) is 3.97. The molecule has 0 radical (unpaired) electrons. The third-order valence-electron chi connectivity index (χ3n) is 4.71. The van der Waals surface area contributed by atoms with Gasteiger partial charge in [-0.15, -0.1) is 0 Å². The average Bonchev–Trinajstić information content (AvgIpc) is 2.79. The molecule has 13 heteroatoms. The fraction of sp³-hybridized carbons (Fsp3) is 0.476. The number of benzene rings is 1. The lowest BCUT2D eigenvalue weighted by Gasteiger charge is -2.24. The number of primary amides is 1. The zero-order valence-corrected chi connectivity index (χ0v) is 19.5. The molecule has 0 aliphatic heterocycles. The van der Waals surface area contributed by atoms with Gasteiger partial charge in [-0.1, -0.05) is 30.3 Å². The molecule has 0 saturated heterocycles. The number of aliphatic hydroxyl groups is 1. The molecular formula is C21H31N5O7S. The van der Waals surface area contributed by atoms with Crippen LogP contribution < -0.4 is 27.4 Å². The number of rotatable bonds is 15. The second kappa shape index (κ2) is 14.9. The molecule has 0 spiro atoms. The number of hydrogen-bond donors (Lipinski definition) is 7. The number of carboxylic acid groups (broad SMARTS) is 1. The van der Waals surface area contributed by atoms with Crippen LogP contribution in [0.4, 0.5) is 0 Å². The highest BCUT2D eigenvalue weighted by atomic mass is 32.2. The van der Waals surface area contributed by atoms with Crippen LogP contribution in [0.3, 0.4) is 0 Å². The molecule has 1 aromatic carbocycles. The predicted molar refractivity (Wildman–Crippen MR) is 125 cm³/mol. The maximum Gasteiger partial charge on any atom is 0.326 e. The minimum absolute atomic E-state index is 0.218. The summed E-state index contributed by atoms with van der Waals surface area (Å²) < 4.78 is 0.